The minimum absolute atomic E-state index is 0.139. The van der Waals surface area contributed by atoms with E-state index in [1.807, 2.05) is 4.90 Å². The zero-order valence-electron chi connectivity index (χ0n) is 15.6. The smallest absolute Gasteiger partial charge is 0.379 e. The van der Waals surface area contributed by atoms with Gasteiger partial charge in [0.05, 0.1) is 43.4 Å². The number of hydrogen-bond acceptors (Lipinski definition) is 5. The van der Waals surface area contributed by atoms with Crippen molar-refractivity contribution < 1.29 is 27.4 Å². The van der Waals surface area contributed by atoms with E-state index < -0.39 is 17.8 Å². The SMILES string of the molecule is O=C(NCCN1CCOCC1)Nc1cc(C(F)(F)F)ccc1N1CCOCC1. The van der Waals surface area contributed by atoms with Gasteiger partial charge in [-0.15, -0.1) is 0 Å². The van der Waals surface area contributed by atoms with E-state index in [2.05, 4.69) is 15.5 Å². The van der Waals surface area contributed by atoms with Gasteiger partial charge in [-0.1, -0.05) is 0 Å². The Balaban J connectivity index is 1.64. The van der Waals surface area contributed by atoms with Gasteiger partial charge >= 0.3 is 12.2 Å². The predicted octanol–water partition coefficient (Wildman–Crippen LogP) is 2.00. The van der Waals surface area contributed by atoms with Gasteiger partial charge in [0.25, 0.3) is 0 Å². The van der Waals surface area contributed by atoms with Gasteiger partial charge in [-0.25, -0.2) is 4.79 Å². The van der Waals surface area contributed by atoms with Crippen molar-refractivity contribution in [2.24, 2.45) is 0 Å². The van der Waals surface area contributed by atoms with Crippen LogP contribution in [-0.4, -0.2) is 76.6 Å². The number of hydrogen-bond donors (Lipinski definition) is 2. The number of rotatable bonds is 5. The monoisotopic (exact) mass is 402 g/mol. The lowest BCUT2D eigenvalue weighted by atomic mass is 10.1. The van der Waals surface area contributed by atoms with Crippen LogP contribution < -0.4 is 15.5 Å². The fourth-order valence-electron chi connectivity index (χ4n) is 3.21. The second kappa shape index (κ2) is 9.44. The zero-order chi connectivity index (χ0) is 20.0. The van der Waals surface area contributed by atoms with Gasteiger partial charge in [0.15, 0.2) is 0 Å². The molecule has 0 radical (unpaired) electrons. The van der Waals surface area contributed by atoms with Crippen molar-refractivity contribution in [3.8, 4) is 0 Å². The summed E-state index contributed by atoms with van der Waals surface area (Å²) in [5.41, 5.74) is -0.103. The van der Waals surface area contributed by atoms with Crippen LogP contribution in [0.4, 0.5) is 29.3 Å². The summed E-state index contributed by atoms with van der Waals surface area (Å²) in [7, 11) is 0. The molecule has 1 aromatic carbocycles. The number of morpholine rings is 2. The fourth-order valence-corrected chi connectivity index (χ4v) is 3.21. The summed E-state index contributed by atoms with van der Waals surface area (Å²) >= 11 is 0. The largest absolute Gasteiger partial charge is 0.416 e. The Labute approximate surface area is 161 Å². The van der Waals surface area contributed by atoms with Crippen molar-refractivity contribution in [2.75, 3.05) is 75.9 Å². The number of urea groups is 1. The second-order valence-electron chi connectivity index (χ2n) is 6.66. The molecule has 0 aliphatic carbocycles. The molecular weight excluding hydrogens is 377 g/mol. The van der Waals surface area contributed by atoms with Crippen LogP contribution in [-0.2, 0) is 15.7 Å². The van der Waals surface area contributed by atoms with E-state index in [1.54, 1.807) is 0 Å². The van der Waals surface area contributed by atoms with Crippen LogP contribution in [0.2, 0.25) is 0 Å². The van der Waals surface area contributed by atoms with Gasteiger partial charge in [-0.05, 0) is 18.2 Å². The molecule has 0 spiro atoms. The molecule has 1 aromatic rings. The molecule has 28 heavy (non-hydrogen) atoms. The van der Waals surface area contributed by atoms with Crippen LogP contribution in [0.1, 0.15) is 5.56 Å². The first-order valence-electron chi connectivity index (χ1n) is 9.32. The number of nitrogens with zero attached hydrogens (tertiary/aromatic N) is 2. The van der Waals surface area contributed by atoms with Crippen molar-refractivity contribution in [3.05, 3.63) is 23.8 Å². The van der Waals surface area contributed by atoms with Gasteiger partial charge in [0.2, 0.25) is 0 Å². The molecule has 156 valence electrons. The molecule has 2 N–H and O–H groups in total. The summed E-state index contributed by atoms with van der Waals surface area (Å²) in [5.74, 6) is 0. The van der Waals surface area contributed by atoms with E-state index in [0.717, 1.165) is 25.2 Å². The van der Waals surface area contributed by atoms with E-state index in [0.29, 0.717) is 58.3 Å². The molecule has 0 aromatic heterocycles. The second-order valence-corrected chi connectivity index (χ2v) is 6.66. The minimum Gasteiger partial charge on any atom is -0.379 e. The maximum Gasteiger partial charge on any atom is 0.416 e. The number of carbonyl (C=O) groups excluding carboxylic acids is 1. The summed E-state index contributed by atoms with van der Waals surface area (Å²) in [6.07, 6.45) is -4.48. The van der Waals surface area contributed by atoms with E-state index >= 15 is 0 Å². The third kappa shape index (κ3) is 5.73. The first kappa shape index (κ1) is 20.7. The highest BCUT2D eigenvalue weighted by atomic mass is 19.4. The summed E-state index contributed by atoms with van der Waals surface area (Å²) in [6.45, 7) is 6.10. The number of anilines is 2. The van der Waals surface area contributed by atoms with Crippen LogP contribution in [0.3, 0.4) is 0 Å². The van der Waals surface area contributed by atoms with Gasteiger partial charge in [0.1, 0.15) is 0 Å². The number of ether oxygens (including phenoxy) is 2. The van der Waals surface area contributed by atoms with Crippen molar-refractivity contribution in [3.63, 3.8) is 0 Å². The number of carbonyl (C=O) groups is 1. The number of benzene rings is 1. The Bertz CT molecular complexity index is 660. The molecule has 0 atom stereocenters. The summed E-state index contributed by atoms with van der Waals surface area (Å²) < 4.78 is 49.9. The van der Waals surface area contributed by atoms with Crippen LogP contribution >= 0.6 is 0 Å². The highest BCUT2D eigenvalue weighted by molar-refractivity contribution is 5.93. The molecular formula is C18H25F3N4O3. The van der Waals surface area contributed by atoms with Crippen molar-refractivity contribution in [2.45, 2.75) is 6.18 Å². The molecule has 2 amide bonds. The maximum absolute atomic E-state index is 13.1. The van der Waals surface area contributed by atoms with E-state index in [4.69, 9.17) is 9.47 Å². The van der Waals surface area contributed by atoms with Gasteiger partial charge in [-0.2, -0.15) is 13.2 Å². The molecule has 10 heteroatoms. The molecule has 0 saturated carbocycles. The molecule has 7 nitrogen and oxygen atoms in total. The van der Waals surface area contributed by atoms with Crippen LogP contribution in [0.25, 0.3) is 0 Å². The molecule has 2 heterocycles. The average molecular weight is 402 g/mol. The van der Waals surface area contributed by atoms with Gasteiger partial charge in [-0.3, -0.25) is 4.90 Å². The van der Waals surface area contributed by atoms with Crippen molar-refractivity contribution in [1.29, 1.82) is 0 Å². The number of amides is 2. The highest BCUT2D eigenvalue weighted by Gasteiger charge is 2.32. The normalized spacial score (nSPS) is 18.8. The quantitative estimate of drug-likeness (QED) is 0.789. The van der Waals surface area contributed by atoms with Crippen molar-refractivity contribution in [1.82, 2.24) is 10.2 Å². The Morgan fingerprint density at radius 1 is 1.04 bits per heavy atom. The lowest BCUT2D eigenvalue weighted by molar-refractivity contribution is -0.137. The first-order chi connectivity index (χ1) is 13.4. The predicted molar refractivity (Wildman–Crippen MR) is 98.8 cm³/mol. The Morgan fingerprint density at radius 3 is 2.32 bits per heavy atom. The minimum atomic E-state index is -4.48. The number of nitrogens with one attached hydrogen (secondary N) is 2. The summed E-state index contributed by atoms with van der Waals surface area (Å²) in [4.78, 5) is 16.3. The lowest BCUT2D eigenvalue weighted by Crippen LogP contribution is -2.42. The van der Waals surface area contributed by atoms with Crippen LogP contribution in [0.5, 0.6) is 0 Å². The standard InChI is InChI=1S/C18H25F3N4O3/c19-18(20,21)14-1-2-16(25-7-11-28-12-8-25)15(13-14)23-17(26)22-3-4-24-5-9-27-10-6-24/h1-2,13H,3-12H2,(H2,22,23,26). The van der Waals surface area contributed by atoms with Crippen molar-refractivity contribution >= 4 is 17.4 Å². The molecule has 2 aliphatic rings. The first-order valence-corrected chi connectivity index (χ1v) is 9.32. The van der Waals surface area contributed by atoms with E-state index in [1.165, 1.54) is 6.07 Å². The third-order valence-electron chi connectivity index (χ3n) is 4.74. The third-order valence-corrected chi connectivity index (χ3v) is 4.74. The Morgan fingerprint density at radius 2 is 1.68 bits per heavy atom. The molecule has 3 rings (SSSR count). The molecule has 0 unspecified atom stereocenters. The fraction of sp³-hybridized carbons (Fsp3) is 0.611. The summed E-state index contributed by atoms with van der Waals surface area (Å²) in [5, 5.41) is 5.29. The van der Waals surface area contributed by atoms with Crippen LogP contribution in [0, 0.1) is 0 Å². The van der Waals surface area contributed by atoms with Gasteiger partial charge < -0.3 is 25.0 Å². The molecule has 2 aliphatic heterocycles. The van der Waals surface area contributed by atoms with Gasteiger partial charge in [0, 0.05) is 39.3 Å². The molecule has 2 fully saturated rings. The molecule has 2 saturated heterocycles. The summed E-state index contributed by atoms with van der Waals surface area (Å²) in [6, 6.07) is 2.89. The maximum atomic E-state index is 13.1. The lowest BCUT2D eigenvalue weighted by Gasteiger charge is -2.31. The molecule has 0 bridgehead atoms. The average Bonchev–Trinajstić information content (AvgIpc) is 2.69. The topological polar surface area (TPSA) is 66.1 Å². The Hall–Kier alpha value is -2.04. The van der Waals surface area contributed by atoms with Crippen LogP contribution in [0.15, 0.2) is 18.2 Å². The number of alkyl halides is 3. The van der Waals surface area contributed by atoms with E-state index in [-0.39, 0.29) is 5.69 Å². The highest BCUT2D eigenvalue weighted by Crippen LogP contribution is 2.35. The van der Waals surface area contributed by atoms with E-state index in [9.17, 15) is 18.0 Å². The zero-order valence-corrected chi connectivity index (χ0v) is 15.6. The Kier molecular flexibility index (Phi) is 6.97. The number of halogens is 3.